The Kier molecular flexibility index (Phi) is 8.84. The van der Waals surface area contributed by atoms with E-state index in [0.717, 1.165) is 0 Å². The third kappa shape index (κ3) is 6.09. The van der Waals surface area contributed by atoms with Crippen molar-refractivity contribution in [2.75, 3.05) is 0 Å². The maximum atomic E-state index is 2.59. The minimum Gasteiger partial charge on any atom is -0.0622 e. The highest BCUT2D eigenvalue weighted by Gasteiger charge is 2.27. The average Bonchev–Trinajstić information content (AvgIpc) is 3.97. The van der Waals surface area contributed by atoms with E-state index in [1.165, 1.54) is 164 Å². The van der Waals surface area contributed by atoms with E-state index < -0.39 is 0 Å². The van der Waals surface area contributed by atoms with Crippen LogP contribution in [-0.2, 0) is 0 Å². The molecule has 0 aromatic heterocycles. The zero-order valence-electron chi connectivity index (χ0n) is 40.4. The van der Waals surface area contributed by atoms with Crippen molar-refractivity contribution in [3.05, 3.63) is 267 Å². The van der Waals surface area contributed by atoms with Gasteiger partial charge in [-0.2, -0.15) is 0 Å². The van der Waals surface area contributed by atoms with Gasteiger partial charge in [-0.15, -0.1) is 0 Å². The molecule has 16 rings (SSSR count). The van der Waals surface area contributed by atoms with Crippen LogP contribution in [0.2, 0.25) is 0 Å². The predicted molar refractivity (Wildman–Crippen MR) is 319 cm³/mol. The largest absolute Gasteiger partial charge is 0.0622 e. The van der Waals surface area contributed by atoms with Gasteiger partial charge in [-0.25, -0.2) is 0 Å². The van der Waals surface area contributed by atoms with Crippen molar-refractivity contribution >= 4 is 97.0 Å². The summed E-state index contributed by atoms with van der Waals surface area (Å²) in [7, 11) is 0. The molecule has 340 valence electrons. The van der Waals surface area contributed by atoms with E-state index in [1.807, 2.05) is 0 Å². The van der Waals surface area contributed by atoms with Gasteiger partial charge in [-0.05, 0) is 224 Å². The molecule has 0 heteroatoms. The van der Waals surface area contributed by atoms with Crippen molar-refractivity contribution in [1.82, 2.24) is 0 Å². The van der Waals surface area contributed by atoms with E-state index in [0.29, 0.717) is 0 Å². The van der Waals surface area contributed by atoms with Gasteiger partial charge in [0.15, 0.2) is 0 Å². The normalized spacial score (nSPS) is 12.1. The molecule has 0 spiro atoms. The quantitative estimate of drug-likeness (QED) is 0.146. The maximum Gasteiger partial charge on any atom is -0.000718 e. The molecule has 0 saturated heterocycles. The molecule has 0 atom stereocenters. The summed E-state index contributed by atoms with van der Waals surface area (Å²) < 4.78 is 0. The SMILES string of the molecule is c1ccc(-c2cc(-c3ccccc3)cc(-c3c4cc5c(cc4c(-c4cc(-c6ccccc6)cc(-c6ccccc6)c4)c4c6cc7ccccc7c7cccc(c34)c76)c3cc4ccccc4c4cccc5c43)c2)cc1. The highest BCUT2D eigenvalue weighted by atomic mass is 14.3. The van der Waals surface area contributed by atoms with E-state index in [1.54, 1.807) is 0 Å². The standard InChI is InChI=1S/C74H44/c1-5-19-45(20-6-1)51-35-52(46-21-7-2-8-22-46)38-55(37-51)69-66-43-63-61-33-17-31-59-57-29-15-13-27-49(57)41-65(71(59)61)64(63)44-67(66)70(56-39-53(47-23-9-3-10-24-47)36-54(40-56)48-25-11-4-12-26-48)74-68-42-50-28-14-16-30-58(50)60-32-18-34-62(72(60)68)73(69)74/h1-44H. The summed E-state index contributed by atoms with van der Waals surface area (Å²) in [6.07, 6.45) is 0. The molecular weight excluding hydrogens is 889 g/mol. The number of hydrogen-bond donors (Lipinski definition) is 0. The molecule has 0 unspecified atom stereocenters. The molecule has 16 aromatic rings. The Morgan fingerprint density at radius 3 is 0.892 bits per heavy atom. The summed E-state index contributed by atoms with van der Waals surface area (Å²) in [5.41, 5.74) is 14.5. The molecule has 0 bridgehead atoms. The second-order valence-corrected chi connectivity index (χ2v) is 20.3. The van der Waals surface area contributed by atoms with Gasteiger partial charge in [-0.1, -0.05) is 206 Å². The summed E-state index contributed by atoms with van der Waals surface area (Å²) in [5.74, 6) is 0. The lowest BCUT2D eigenvalue weighted by molar-refractivity contribution is 1.58. The van der Waals surface area contributed by atoms with E-state index >= 15 is 0 Å². The summed E-state index contributed by atoms with van der Waals surface area (Å²) in [6, 6.07) is 100. The van der Waals surface area contributed by atoms with Gasteiger partial charge in [-0.3, -0.25) is 0 Å². The van der Waals surface area contributed by atoms with Crippen LogP contribution < -0.4 is 0 Å². The third-order valence-electron chi connectivity index (χ3n) is 16.2. The van der Waals surface area contributed by atoms with E-state index in [4.69, 9.17) is 0 Å². The monoisotopic (exact) mass is 932 g/mol. The smallest absolute Gasteiger partial charge is 0.000718 e. The Morgan fingerprint density at radius 1 is 0.135 bits per heavy atom. The van der Waals surface area contributed by atoms with Crippen molar-refractivity contribution in [3.8, 4) is 66.8 Å². The van der Waals surface area contributed by atoms with Crippen LogP contribution in [0, 0.1) is 0 Å². The predicted octanol–water partition coefficient (Wildman–Crippen LogP) is 20.9. The van der Waals surface area contributed by atoms with Gasteiger partial charge in [0.2, 0.25) is 0 Å². The fourth-order valence-electron chi connectivity index (χ4n) is 13.0. The molecule has 0 radical (unpaired) electrons. The number of hydrogen-bond acceptors (Lipinski definition) is 0. The van der Waals surface area contributed by atoms with Crippen LogP contribution in [0.25, 0.3) is 164 Å². The summed E-state index contributed by atoms with van der Waals surface area (Å²) in [4.78, 5) is 0. The Bertz CT molecular complexity index is 4780. The van der Waals surface area contributed by atoms with Crippen LogP contribution in [0.5, 0.6) is 0 Å². The fourth-order valence-corrected chi connectivity index (χ4v) is 13.0. The van der Waals surface area contributed by atoms with Gasteiger partial charge < -0.3 is 0 Å². The number of rotatable bonds is 6. The lowest BCUT2D eigenvalue weighted by Gasteiger charge is -2.20. The zero-order valence-corrected chi connectivity index (χ0v) is 40.4. The zero-order chi connectivity index (χ0) is 48.4. The first kappa shape index (κ1) is 41.0. The molecule has 0 aliphatic rings. The lowest BCUT2D eigenvalue weighted by atomic mass is 9.83. The van der Waals surface area contributed by atoms with Gasteiger partial charge >= 0.3 is 0 Å². The van der Waals surface area contributed by atoms with Gasteiger partial charge in [0.05, 0.1) is 0 Å². The van der Waals surface area contributed by atoms with Crippen molar-refractivity contribution in [2.24, 2.45) is 0 Å². The molecule has 0 heterocycles. The third-order valence-corrected chi connectivity index (χ3v) is 16.2. The second-order valence-electron chi connectivity index (χ2n) is 20.3. The first-order chi connectivity index (χ1) is 36.7. The first-order valence-corrected chi connectivity index (χ1v) is 25.8. The fraction of sp³-hybridized carbons (Fsp3) is 0. The van der Waals surface area contributed by atoms with Crippen molar-refractivity contribution in [2.45, 2.75) is 0 Å². The second kappa shape index (κ2) is 15.9. The van der Waals surface area contributed by atoms with Gasteiger partial charge in [0, 0.05) is 0 Å². The Morgan fingerprint density at radius 2 is 0.446 bits per heavy atom. The average molecular weight is 933 g/mol. The van der Waals surface area contributed by atoms with Crippen LogP contribution in [0.1, 0.15) is 0 Å². The minimum absolute atomic E-state index is 1.19. The Labute approximate surface area is 428 Å². The summed E-state index contributed by atoms with van der Waals surface area (Å²) in [5, 5.41) is 23.1. The molecular formula is C74H44. The molecule has 74 heavy (non-hydrogen) atoms. The molecule has 0 amide bonds. The van der Waals surface area contributed by atoms with Crippen LogP contribution >= 0.6 is 0 Å². The highest BCUT2D eigenvalue weighted by molar-refractivity contribution is 6.44. The van der Waals surface area contributed by atoms with E-state index in [9.17, 15) is 0 Å². The molecule has 0 aliphatic carbocycles. The topological polar surface area (TPSA) is 0 Å². The van der Waals surface area contributed by atoms with Gasteiger partial charge in [0.1, 0.15) is 0 Å². The van der Waals surface area contributed by atoms with Crippen LogP contribution in [0.4, 0.5) is 0 Å². The van der Waals surface area contributed by atoms with Gasteiger partial charge in [0.25, 0.3) is 0 Å². The molecule has 0 saturated carbocycles. The first-order valence-electron chi connectivity index (χ1n) is 25.8. The molecule has 0 fully saturated rings. The van der Waals surface area contributed by atoms with Crippen LogP contribution in [-0.4, -0.2) is 0 Å². The lowest BCUT2D eigenvalue weighted by Crippen LogP contribution is -1.93. The summed E-state index contributed by atoms with van der Waals surface area (Å²) >= 11 is 0. The Hall–Kier alpha value is -9.62. The van der Waals surface area contributed by atoms with Crippen molar-refractivity contribution in [1.29, 1.82) is 0 Å². The molecule has 16 aromatic carbocycles. The van der Waals surface area contributed by atoms with Crippen molar-refractivity contribution in [3.63, 3.8) is 0 Å². The Balaban J connectivity index is 1.17. The van der Waals surface area contributed by atoms with E-state index in [-0.39, 0.29) is 0 Å². The minimum atomic E-state index is 1.19. The number of benzene rings is 14. The van der Waals surface area contributed by atoms with Crippen LogP contribution in [0.15, 0.2) is 267 Å². The number of fused-ring (bicyclic) bond motifs is 11. The molecule has 0 N–H and O–H groups in total. The van der Waals surface area contributed by atoms with Crippen molar-refractivity contribution < 1.29 is 0 Å². The van der Waals surface area contributed by atoms with Crippen LogP contribution in [0.3, 0.4) is 0 Å². The highest BCUT2D eigenvalue weighted by Crippen LogP contribution is 2.55. The van der Waals surface area contributed by atoms with E-state index in [2.05, 4.69) is 267 Å². The molecule has 0 aliphatic heterocycles. The maximum absolute atomic E-state index is 2.59. The molecule has 0 nitrogen and oxygen atoms in total. The summed E-state index contributed by atoms with van der Waals surface area (Å²) in [6.45, 7) is 0.